The van der Waals surface area contributed by atoms with Gasteiger partial charge in [0.2, 0.25) is 10.0 Å². The van der Waals surface area contributed by atoms with Gasteiger partial charge in [0.25, 0.3) is 5.56 Å². The Bertz CT molecular complexity index is 690. The molecule has 0 aliphatic carbocycles. The minimum atomic E-state index is -3.70. The summed E-state index contributed by atoms with van der Waals surface area (Å²) in [6.07, 6.45) is 0. The maximum Gasteiger partial charge on any atom is 0.258 e. The summed E-state index contributed by atoms with van der Waals surface area (Å²) in [6, 6.07) is 6.67. The maximum absolute atomic E-state index is 11.6. The van der Waals surface area contributed by atoms with Gasteiger partial charge >= 0.3 is 0 Å². The molecule has 0 amide bonds. The molecule has 0 saturated heterocycles. The molecule has 0 radical (unpaired) electrons. The Kier molecular flexibility index (Phi) is 2.49. The van der Waals surface area contributed by atoms with E-state index in [1.54, 1.807) is 24.3 Å². The van der Waals surface area contributed by atoms with Crippen LogP contribution in [0.5, 0.6) is 0 Å². The van der Waals surface area contributed by atoms with E-state index in [2.05, 4.69) is 9.97 Å². The molecule has 0 spiro atoms. The Morgan fingerprint density at radius 2 is 2.00 bits per heavy atom. The summed E-state index contributed by atoms with van der Waals surface area (Å²) < 4.78 is 21.7. The van der Waals surface area contributed by atoms with Crippen molar-refractivity contribution in [3.05, 3.63) is 40.4 Å². The molecule has 0 aliphatic heterocycles. The second-order valence-electron chi connectivity index (χ2n) is 3.34. The molecular formula is C9H9N3O3S. The number of aromatic amines is 1. The first-order chi connectivity index (χ1) is 7.46. The highest BCUT2D eigenvalue weighted by molar-refractivity contribution is 7.88. The third-order valence-corrected chi connectivity index (χ3v) is 2.68. The third-order valence-electron chi connectivity index (χ3n) is 2.00. The molecule has 6 nitrogen and oxygen atoms in total. The minimum absolute atomic E-state index is 0.0474. The van der Waals surface area contributed by atoms with Gasteiger partial charge in [0.05, 0.1) is 10.9 Å². The highest BCUT2D eigenvalue weighted by Crippen LogP contribution is 2.06. The largest absolute Gasteiger partial charge is 0.309 e. The highest BCUT2D eigenvalue weighted by atomic mass is 32.2. The van der Waals surface area contributed by atoms with Crippen LogP contribution in [-0.2, 0) is 15.8 Å². The fourth-order valence-corrected chi connectivity index (χ4v) is 1.91. The van der Waals surface area contributed by atoms with Crippen LogP contribution in [0.3, 0.4) is 0 Å². The van der Waals surface area contributed by atoms with Crippen LogP contribution in [0, 0.1) is 0 Å². The second kappa shape index (κ2) is 3.69. The summed E-state index contributed by atoms with van der Waals surface area (Å²) in [6.45, 7) is 0. The third kappa shape index (κ3) is 2.26. The van der Waals surface area contributed by atoms with Gasteiger partial charge in [-0.1, -0.05) is 12.1 Å². The maximum atomic E-state index is 11.6. The van der Waals surface area contributed by atoms with E-state index in [1.807, 2.05) is 0 Å². The molecule has 0 bridgehead atoms. The Hall–Kier alpha value is -1.73. The van der Waals surface area contributed by atoms with Crippen molar-refractivity contribution in [3.63, 3.8) is 0 Å². The zero-order chi connectivity index (χ0) is 11.8. The highest BCUT2D eigenvalue weighted by Gasteiger charge is 2.09. The molecule has 0 aliphatic rings. The fourth-order valence-electron chi connectivity index (χ4n) is 1.39. The Labute approximate surface area is 91.2 Å². The summed E-state index contributed by atoms with van der Waals surface area (Å²) >= 11 is 0. The van der Waals surface area contributed by atoms with Crippen LogP contribution >= 0.6 is 0 Å². The molecule has 1 aromatic carbocycles. The van der Waals surface area contributed by atoms with Gasteiger partial charge in [-0.15, -0.1) is 0 Å². The van der Waals surface area contributed by atoms with Crippen molar-refractivity contribution < 1.29 is 8.42 Å². The lowest BCUT2D eigenvalue weighted by molar-refractivity contribution is 0.595. The van der Waals surface area contributed by atoms with Gasteiger partial charge < -0.3 is 4.98 Å². The predicted octanol–water partition coefficient (Wildman–Crippen LogP) is -0.288. The Balaban J connectivity index is 2.63. The number of sulfonamides is 1. The molecule has 7 heteroatoms. The molecule has 16 heavy (non-hydrogen) atoms. The molecule has 1 heterocycles. The lowest BCUT2D eigenvalue weighted by Gasteiger charge is -2.00. The molecular weight excluding hydrogens is 230 g/mol. The van der Waals surface area contributed by atoms with E-state index in [9.17, 15) is 13.2 Å². The molecule has 2 rings (SSSR count). The van der Waals surface area contributed by atoms with Crippen LogP contribution in [0.15, 0.2) is 29.1 Å². The zero-order valence-electron chi connectivity index (χ0n) is 8.17. The summed E-state index contributed by atoms with van der Waals surface area (Å²) in [4.78, 5) is 17.9. The molecule has 1 aromatic heterocycles. The number of aromatic nitrogens is 2. The van der Waals surface area contributed by atoms with Crippen LogP contribution < -0.4 is 10.7 Å². The molecule has 2 aromatic rings. The number of nitrogens with one attached hydrogen (secondary N) is 1. The number of fused-ring (bicyclic) bond motifs is 1. The van der Waals surface area contributed by atoms with Crippen LogP contribution in [0.4, 0.5) is 0 Å². The van der Waals surface area contributed by atoms with E-state index in [0.717, 1.165) is 0 Å². The molecule has 3 N–H and O–H groups in total. The SMILES string of the molecule is NS(=O)(=O)Cc1nc2ccccc2c(=O)[nH]1. The number of para-hydroxylation sites is 1. The number of rotatable bonds is 2. The number of H-pyrrole nitrogens is 1. The quantitative estimate of drug-likeness (QED) is 0.751. The molecule has 0 fully saturated rings. The topological polar surface area (TPSA) is 106 Å². The number of benzene rings is 1. The normalized spacial score (nSPS) is 11.8. The summed E-state index contributed by atoms with van der Waals surface area (Å²) in [5.74, 6) is -0.432. The van der Waals surface area contributed by atoms with Crippen LogP contribution in [-0.4, -0.2) is 18.4 Å². The van der Waals surface area contributed by atoms with Gasteiger partial charge in [0.15, 0.2) is 0 Å². The number of hydrogen-bond acceptors (Lipinski definition) is 4. The standard InChI is InChI=1S/C9H9N3O3S/c10-16(14,15)5-8-11-7-4-2-1-3-6(7)9(13)12-8/h1-4H,5H2,(H2,10,14,15)(H,11,12,13). The minimum Gasteiger partial charge on any atom is -0.309 e. The monoisotopic (exact) mass is 239 g/mol. The van der Waals surface area contributed by atoms with Crippen molar-refractivity contribution >= 4 is 20.9 Å². The number of nitrogens with two attached hydrogens (primary N) is 1. The zero-order valence-corrected chi connectivity index (χ0v) is 8.99. The first-order valence-corrected chi connectivity index (χ1v) is 6.16. The Morgan fingerprint density at radius 1 is 1.31 bits per heavy atom. The van der Waals surface area contributed by atoms with E-state index < -0.39 is 15.8 Å². The first kappa shape index (κ1) is 10.8. The van der Waals surface area contributed by atoms with Gasteiger partial charge in [-0.05, 0) is 12.1 Å². The van der Waals surface area contributed by atoms with Gasteiger partial charge in [0, 0.05) is 0 Å². The van der Waals surface area contributed by atoms with E-state index in [0.29, 0.717) is 10.9 Å². The average Bonchev–Trinajstić information content (AvgIpc) is 2.15. The number of nitrogens with zero attached hydrogens (tertiary/aromatic N) is 1. The molecule has 0 unspecified atom stereocenters. The molecule has 0 saturated carbocycles. The van der Waals surface area contributed by atoms with Crippen molar-refractivity contribution in [1.82, 2.24) is 9.97 Å². The van der Waals surface area contributed by atoms with Crippen molar-refractivity contribution in [2.24, 2.45) is 5.14 Å². The van der Waals surface area contributed by atoms with E-state index in [4.69, 9.17) is 5.14 Å². The summed E-state index contributed by atoms with van der Waals surface area (Å²) in [5.41, 5.74) is 0.0779. The first-order valence-electron chi connectivity index (χ1n) is 4.44. The molecule has 84 valence electrons. The summed E-state index contributed by atoms with van der Waals surface area (Å²) in [7, 11) is -3.70. The van der Waals surface area contributed by atoms with Gasteiger partial charge in [-0.2, -0.15) is 0 Å². The van der Waals surface area contributed by atoms with Crippen molar-refractivity contribution in [2.75, 3.05) is 0 Å². The van der Waals surface area contributed by atoms with Crippen molar-refractivity contribution in [1.29, 1.82) is 0 Å². The van der Waals surface area contributed by atoms with E-state index in [-0.39, 0.29) is 11.4 Å². The van der Waals surface area contributed by atoms with Crippen molar-refractivity contribution in [3.8, 4) is 0 Å². The lowest BCUT2D eigenvalue weighted by Crippen LogP contribution is -2.19. The van der Waals surface area contributed by atoms with E-state index >= 15 is 0 Å². The second-order valence-corrected chi connectivity index (χ2v) is 4.95. The van der Waals surface area contributed by atoms with Crippen LogP contribution in [0.2, 0.25) is 0 Å². The van der Waals surface area contributed by atoms with Crippen LogP contribution in [0.1, 0.15) is 5.82 Å². The smallest absolute Gasteiger partial charge is 0.258 e. The van der Waals surface area contributed by atoms with Crippen LogP contribution in [0.25, 0.3) is 10.9 Å². The predicted molar refractivity (Wildman–Crippen MR) is 59.2 cm³/mol. The van der Waals surface area contributed by atoms with Gasteiger partial charge in [-0.25, -0.2) is 18.5 Å². The Morgan fingerprint density at radius 3 is 2.69 bits per heavy atom. The summed E-state index contributed by atoms with van der Waals surface area (Å²) in [5, 5.41) is 5.29. The van der Waals surface area contributed by atoms with Gasteiger partial charge in [0.1, 0.15) is 11.6 Å². The van der Waals surface area contributed by atoms with E-state index in [1.165, 1.54) is 0 Å². The van der Waals surface area contributed by atoms with Crippen molar-refractivity contribution in [2.45, 2.75) is 5.75 Å². The molecule has 0 atom stereocenters. The fraction of sp³-hybridized carbons (Fsp3) is 0.111. The number of primary sulfonamides is 1. The van der Waals surface area contributed by atoms with Gasteiger partial charge in [-0.3, -0.25) is 4.79 Å². The lowest BCUT2D eigenvalue weighted by atomic mass is 10.2. The average molecular weight is 239 g/mol. The number of hydrogen-bond donors (Lipinski definition) is 2.